The van der Waals surface area contributed by atoms with Crippen LogP contribution in [0.15, 0.2) is 35.3 Å². The molecule has 4 aromatic rings. The third-order valence-corrected chi connectivity index (χ3v) is 4.43. The van der Waals surface area contributed by atoms with Crippen LogP contribution in [0.1, 0.15) is 11.5 Å². The summed E-state index contributed by atoms with van der Waals surface area (Å²) in [7, 11) is 0. The third kappa shape index (κ3) is 2.08. The number of aryl methyl sites for hydroxylation is 2. The molecule has 0 aliphatic carbocycles. The maximum Gasteiger partial charge on any atom is 0.266 e. The zero-order chi connectivity index (χ0) is 17.8. The number of benzene rings is 1. The van der Waals surface area contributed by atoms with E-state index in [2.05, 4.69) is 15.1 Å². The third-order valence-electron chi connectivity index (χ3n) is 4.43. The average Bonchev–Trinajstić information content (AvgIpc) is 3.01. The van der Waals surface area contributed by atoms with Crippen molar-refractivity contribution < 1.29 is 9.47 Å². The summed E-state index contributed by atoms with van der Waals surface area (Å²) in [6.07, 6.45) is 1.73. The van der Waals surface area contributed by atoms with E-state index in [0.717, 1.165) is 0 Å². The van der Waals surface area contributed by atoms with Gasteiger partial charge in [-0.1, -0.05) is 0 Å². The van der Waals surface area contributed by atoms with E-state index >= 15 is 0 Å². The predicted molar refractivity (Wildman–Crippen MR) is 94.3 cm³/mol. The van der Waals surface area contributed by atoms with Gasteiger partial charge in [-0.05, 0) is 32.0 Å². The van der Waals surface area contributed by atoms with E-state index in [0.29, 0.717) is 58.6 Å². The van der Waals surface area contributed by atoms with Crippen LogP contribution in [-0.4, -0.2) is 37.4 Å². The lowest BCUT2D eigenvalue weighted by atomic mass is 10.2. The zero-order valence-electron chi connectivity index (χ0n) is 14.3. The molecule has 8 nitrogen and oxygen atoms in total. The highest BCUT2D eigenvalue weighted by Crippen LogP contribution is 2.31. The van der Waals surface area contributed by atoms with E-state index < -0.39 is 0 Å². The Kier molecular flexibility index (Phi) is 3.03. The Labute approximate surface area is 147 Å². The summed E-state index contributed by atoms with van der Waals surface area (Å²) in [5.41, 5.74) is 1.85. The first-order valence-corrected chi connectivity index (χ1v) is 8.27. The quantitative estimate of drug-likeness (QED) is 0.521. The molecule has 0 fully saturated rings. The van der Waals surface area contributed by atoms with Crippen LogP contribution >= 0.6 is 0 Å². The van der Waals surface area contributed by atoms with Gasteiger partial charge in [0.05, 0.1) is 22.3 Å². The van der Waals surface area contributed by atoms with Crippen molar-refractivity contribution in [3.63, 3.8) is 0 Å². The fourth-order valence-electron chi connectivity index (χ4n) is 3.27. The second-order valence-corrected chi connectivity index (χ2v) is 6.15. The smallest absolute Gasteiger partial charge is 0.266 e. The van der Waals surface area contributed by atoms with E-state index in [1.165, 1.54) is 0 Å². The van der Waals surface area contributed by atoms with Gasteiger partial charge in [-0.2, -0.15) is 9.50 Å². The first kappa shape index (κ1) is 14.9. The number of hydrogen-bond donors (Lipinski definition) is 0. The number of pyridine rings is 1. The molecule has 1 aliphatic heterocycles. The van der Waals surface area contributed by atoms with Gasteiger partial charge in [0.15, 0.2) is 11.5 Å². The molecule has 0 radical (unpaired) electrons. The minimum absolute atomic E-state index is 0.167. The normalized spacial score (nSPS) is 13.5. The minimum Gasteiger partial charge on any atom is -0.486 e. The largest absolute Gasteiger partial charge is 0.486 e. The Morgan fingerprint density at radius 1 is 1.04 bits per heavy atom. The summed E-state index contributed by atoms with van der Waals surface area (Å²) in [6.45, 7) is 4.63. The summed E-state index contributed by atoms with van der Waals surface area (Å²) in [4.78, 5) is 21.9. The molecule has 130 valence electrons. The molecule has 1 aliphatic rings. The van der Waals surface area contributed by atoms with E-state index in [-0.39, 0.29) is 5.56 Å². The van der Waals surface area contributed by atoms with Crippen LogP contribution in [0.4, 0.5) is 0 Å². The predicted octanol–water partition coefficient (Wildman–Crippen LogP) is 1.82. The van der Waals surface area contributed by atoms with Crippen molar-refractivity contribution in [3.8, 4) is 17.2 Å². The van der Waals surface area contributed by atoms with Gasteiger partial charge < -0.3 is 9.47 Å². The van der Waals surface area contributed by atoms with Crippen LogP contribution in [0.5, 0.6) is 11.5 Å². The van der Waals surface area contributed by atoms with Gasteiger partial charge in [-0.25, -0.2) is 4.98 Å². The van der Waals surface area contributed by atoms with Crippen LogP contribution in [-0.2, 0) is 0 Å². The number of hydrogen-bond acceptors (Lipinski definition) is 6. The molecule has 0 saturated heterocycles. The molecule has 0 spiro atoms. The maximum atomic E-state index is 13.2. The zero-order valence-corrected chi connectivity index (χ0v) is 14.3. The van der Waals surface area contributed by atoms with E-state index in [1.807, 2.05) is 31.2 Å². The first-order chi connectivity index (χ1) is 12.6. The van der Waals surface area contributed by atoms with Crippen molar-refractivity contribution in [2.45, 2.75) is 13.8 Å². The summed E-state index contributed by atoms with van der Waals surface area (Å²) in [6, 6.07) is 7.31. The van der Waals surface area contributed by atoms with Crippen LogP contribution < -0.4 is 15.0 Å². The molecule has 3 aromatic heterocycles. The Morgan fingerprint density at radius 2 is 1.85 bits per heavy atom. The minimum atomic E-state index is -0.167. The Balaban J connectivity index is 1.77. The summed E-state index contributed by atoms with van der Waals surface area (Å²) >= 11 is 0. The number of rotatable bonds is 1. The molecular formula is C18H15N5O3. The van der Waals surface area contributed by atoms with Crippen molar-refractivity contribution >= 4 is 16.7 Å². The number of ether oxygens (including phenoxy) is 2. The summed E-state index contributed by atoms with van der Waals surface area (Å²) in [5, 5.41) is 4.86. The van der Waals surface area contributed by atoms with Crippen LogP contribution in [0.25, 0.3) is 22.4 Å². The highest BCUT2D eigenvalue weighted by Gasteiger charge is 2.16. The first-order valence-electron chi connectivity index (χ1n) is 8.27. The second-order valence-electron chi connectivity index (χ2n) is 6.15. The number of fused-ring (bicyclic) bond motifs is 4. The van der Waals surface area contributed by atoms with Gasteiger partial charge in [0.25, 0.3) is 11.3 Å². The summed E-state index contributed by atoms with van der Waals surface area (Å²) < 4.78 is 14.3. The molecule has 0 unspecified atom stereocenters. The monoisotopic (exact) mass is 349 g/mol. The van der Waals surface area contributed by atoms with E-state index in [4.69, 9.17) is 9.47 Å². The van der Waals surface area contributed by atoms with Crippen molar-refractivity contribution in [1.29, 1.82) is 0 Å². The SMILES string of the molecule is Cc1nc2nc(C)c3c(=O)n(-c4ccc5c(c4)OCCO5)ccc3n2n1. The molecule has 0 atom stereocenters. The molecule has 1 aromatic carbocycles. The van der Waals surface area contributed by atoms with Gasteiger partial charge in [-0.3, -0.25) is 9.36 Å². The van der Waals surface area contributed by atoms with Gasteiger partial charge in [0.2, 0.25) is 0 Å². The fourth-order valence-corrected chi connectivity index (χ4v) is 3.27. The van der Waals surface area contributed by atoms with Gasteiger partial charge in [0, 0.05) is 12.3 Å². The molecule has 8 heteroatoms. The van der Waals surface area contributed by atoms with Gasteiger partial charge >= 0.3 is 0 Å². The van der Waals surface area contributed by atoms with Crippen LogP contribution in [0.3, 0.4) is 0 Å². The van der Waals surface area contributed by atoms with Crippen molar-refractivity contribution in [3.05, 3.63) is 52.3 Å². The Bertz CT molecular complexity index is 1240. The maximum absolute atomic E-state index is 13.2. The lowest BCUT2D eigenvalue weighted by Crippen LogP contribution is -2.21. The number of nitrogens with zero attached hydrogens (tertiary/aromatic N) is 5. The lowest BCUT2D eigenvalue weighted by molar-refractivity contribution is 0.171. The molecule has 5 rings (SSSR count). The highest BCUT2D eigenvalue weighted by atomic mass is 16.6. The van der Waals surface area contributed by atoms with Gasteiger partial charge in [0.1, 0.15) is 19.0 Å². The van der Waals surface area contributed by atoms with Crippen LogP contribution in [0, 0.1) is 13.8 Å². The lowest BCUT2D eigenvalue weighted by Gasteiger charge is -2.19. The Morgan fingerprint density at radius 3 is 2.69 bits per heavy atom. The summed E-state index contributed by atoms with van der Waals surface area (Å²) in [5.74, 6) is 2.42. The van der Waals surface area contributed by atoms with Gasteiger partial charge in [-0.15, -0.1) is 5.10 Å². The Hall–Kier alpha value is -3.42. The van der Waals surface area contributed by atoms with Crippen molar-refractivity contribution in [2.24, 2.45) is 0 Å². The molecule has 0 amide bonds. The topological polar surface area (TPSA) is 83.5 Å². The molecule has 0 saturated carbocycles. The molecule has 0 bridgehead atoms. The fraction of sp³-hybridized carbons (Fsp3) is 0.222. The molecule has 0 N–H and O–H groups in total. The van der Waals surface area contributed by atoms with E-state index in [9.17, 15) is 4.79 Å². The second kappa shape index (κ2) is 5.29. The standard InChI is InChI=1S/C18H15N5O3/c1-10-16-13(23-18(19-10)20-11(2)21-23)5-6-22(17(16)24)12-3-4-14-15(9-12)26-8-7-25-14/h3-6,9H,7-8H2,1-2H3. The molecular weight excluding hydrogens is 334 g/mol. The molecule has 26 heavy (non-hydrogen) atoms. The van der Waals surface area contributed by atoms with E-state index in [1.54, 1.807) is 22.2 Å². The van der Waals surface area contributed by atoms with Crippen molar-refractivity contribution in [1.82, 2.24) is 24.1 Å². The van der Waals surface area contributed by atoms with Crippen molar-refractivity contribution in [2.75, 3.05) is 13.2 Å². The number of aromatic nitrogens is 5. The molecule has 4 heterocycles. The average molecular weight is 349 g/mol. The highest BCUT2D eigenvalue weighted by molar-refractivity contribution is 5.82. The van der Waals surface area contributed by atoms with Crippen LogP contribution in [0.2, 0.25) is 0 Å².